The number of benzene rings is 1. The fourth-order valence-corrected chi connectivity index (χ4v) is 1.67. The summed E-state index contributed by atoms with van der Waals surface area (Å²) in [5.41, 5.74) is 6.84. The first-order chi connectivity index (χ1) is 9.54. The minimum atomic E-state index is -0.120. The van der Waals surface area contributed by atoms with Crippen molar-refractivity contribution in [3.05, 3.63) is 36.4 Å². The van der Waals surface area contributed by atoms with Crippen molar-refractivity contribution in [2.45, 2.75) is 6.42 Å². The molecule has 0 bridgehead atoms. The van der Waals surface area contributed by atoms with Crippen LogP contribution in [0.5, 0.6) is 5.75 Å². The lowest BCUT2D eigenvalue weighted by Crippen LogP contribution is -2.27. The molecule has 0 fully saturated rings. The molecular weight excluding hydrogens is 254 g/mol. The standard InChI is InChI=1S/C15H23N3O2/c1-4-10-20-14-7-6-12(11-13(14)16)15(19)17-8-5-9-18(2)3/h4,6-7,11H,1,5,8-10,16H2,2-3H3,(H,17,19). The average molecular weight is 277 g/mol. The molecule has 0 unspecified atom stereocenters. The Balaban J connectivity index is 2.52. The fourth-order valence-electron chi connectivity index (χ4n) is 1.67. The summed E-state index contributed by atoms with van der Waals surface area (Å²) in [4.78, 5) is 14.0. The van der Waals surface area contributed by atoms with E-state index in [0.29, 0.717) is 30.2 Å². The molecule has 0 heterocycles. The Hall–Kier alpha value is -2.01. The number of hydrogen-bond acceptors (Lipinski definition) is 4. The Labute approximate surface area is 120 Å². The molecule has 110 valence electrons. The van der Waals surface area contributed by atoms with Crippen LogP contribution in [0.1, 0.15) is 16.8 Å². The Kier molecular flexibility index (Phi) is 6.59. The van der Waals surface area contributed by atoms with Crippen LogP contribution in [-0.2, 0) is 0 Å². The van der Waals surface area contributed by atoms with E-state index in [2.05, 4.69) is 16.8 Å². The van der Waals surface area contributed by atoms with Gasteiger partial charge in [-0.1, -0.05) is 12.7 Å². The zero-order valence-corrected chi connectivity index (χ0v) is 12.2. The van der Waals surface area contributed by atoms with E-state index < -0.39 is 0 Å². The molecule has 0 aromatic heterocycles. The Morgan fingerprint density at radius 1 is 1.50 bits per heavy atom. The van der Waals surface area contributed by atoms with Gasteiger partial charge >= 0.3 is 0 Å². The van der Waals surface area contributed by atoms with Gasteiger partial charge in [0.1, 0.15) is 12.4 Å². The normalized spacial score (nSPS) is 10.3. The molecule has 5 heteroatoms. The Bertz CT molecular complexity index is 458. The molecule has 0 aliphatic rings. The average Bonchev–Trinajstić information content (AvgIpc) is 2.41. The van der Waals surface area contributed by atoms with E-state index in [1.54, 1.807) is 24.3 Å². The first kappa shape index (κ1) is 16.0. The number of anilines is 1. The molecule has 1 amide bonds. The molecule has 1 rings (SSSR count). The maximum atomic E-state index is 11.9. The second-order valence-corrected chi connectivity index (χ2v) is 4.77. The number of nitrogens with zero attached hydrogens (tertiary/aromatic N) is 1. The van der Waals surface area contributed by atoms with Crippen molar-refractivity contribution >= 4 is 11.6 Å². The van der Waals surface area contributed by atoms with Crippen molar-refractivity contribution in [1.29, 1.82) is 0 Å². The summed E-state index contributed by atoms with van der Waals surface area (Å²) in [5, 5.41) is 2.87. The molecule has 5 nitrogen and oxygen atoms in total. The quantitative estimate of drug-likeness (QED) is 0.429. The van der Waals surface area contributed by atoms with Crippen LogP contribution in [-0.4, -0.2) is 44.6 Å². The van der Waals surface area contributed by atoms with Crippen molar-refractivity contribution in [2.24, 2.45) is 0 Å². The molecule has 0 spiro atoms. The van der Waals surface area contributed by atoms with Crippen molar-refractivity contribution < 1.29 is 9.53 Å². The van der Waals surface area contributed by atoms with Gasteiger partial charge in [-0.05, 0) is 45.3 Å². The number of nitrogen functional groups attached to an aromatic ring is 1. The summed E-state index contributed by atoms with van der Waals surface area (Å²) in [7, 11) is 4.01. The van der Waals surface area contributed by atoms with Crippen LogP contribution in [0.15, 0.2) is 30.9 Å². The predicted molar refractivity (Wildman–Crippen MR) is 82.1 cm³/mol. The topological polar surface area (TPSA) is 67.6 Å². The van der Waals surface area contributed by atoms with Gasteiger partial charge < -0.3 is 20.7 Å². The number of carbonyl (C=O) groups excluding carboxylic acids is 1. The van der Waals surface area contributed by atoms with E-state index in [-0.39, 0.29) is 5.91 Å². The Morgan fingerprint density at radius 3 is 2.85 bits per heavy atom. The number of rotatable bonds is 8. The van der Waals surface area contributed by atoms with Crippen molar-refractivity contribution in [3.8, 4) is 5.75 Å². The second-order valence-electron chi connectivity index (χ2n) is 4.77. The van der Waals surface area contributed by atoms with Crippen molar-refractivity contribution in [1.82, 2.24) is 10.2 Å². The summed E-state index contributed by atoms with van der Waals surface area (Å²) >= 11 is 0. The largest absolute Gasteiger partial charge is 0.487 e. The number of nitrogens with one attached hydrogen (secondary N) is 1. The minimum absolute atomic E-state index is 0.120. The number of nitrogens with two attached hydrogens (primary N) is 1. The minimum Gasteiger partial charge on any atom is -0.487 e. The van der Waals surface area contributed by atoms with Crippen LogP contribution < -0.4 is 15.8 Å². The monoisotopic (exact) mass is 277 g/mol. The first-order valence-corrected chi connectivity index (χ1v) is 6.60. The molecule has 0 atom stereocenters. The molecular formula is C15H23N3O2. The second kappa shape index (κ2) is 8.22. The first-order valence-electron chi connectivity index (χ1n) is 6.60. The molecule has 1 aromatic rings. The van der Waals surface area contributed by atoms with Gasteiger partial charge in [-0.15, -0.1) is 0 Å². The van der Waals surface area contributed by atoms with Crippen LogP contribution in [0.4, 0.5) is 5.69 Å². The third kappa shape index (κ3) is 5.32. The zero-order chi connectivity index (χ0) is 15.0. The third-order valence-corrected chi connectivity index (χ3v) is 2.70. The van der Waals surface area contributed by atoms with E-state index >= 15 is 0 Å². The van der Waals surface area contributed by atoms with Crippen LogP contribution in [0.3, 0.4) is 0 Å². The number of ether oxygens (including phenoxy) is 1. The lowest BCUT2D eigenvalue weighted by Gasteiger charge is -2.11. The van der Waals surface area contributed by atoms with Crippen LogP contribution >= 0.6 is 0 Å². The fraction of sp³-hybridized carbons (Fsp3) is 0.400. The van der Waals surface area contributed by atoms with Crippen LogP contribution in [0, 0.1) is 0 Å². The number of amides is 1. The smallest absolute Gasteiger partial charge is 0.251 e. The maximum Gasteiger partial charge on any atom is 0.251 e. The molecule has 1 aromatic carbocycles. The van der Waals surface area contributed by atoms with Gasteiger partial charge in [0.05, 0.1) is 5.69 Å². The van der Waals surface area contributed by atoms with Gasteiger partial charge in [-0.2, -0.15) is 0 Å². The third-order valence-electron chi connectivity index (χ3n) is 2.70. The molecule has 0 saturated carbocycles. The lowest BCUT2D eigenvalue weighted by molar-refractivity contribution is 0.0952. The van der Waals surface area contributed by atoms with E-state index in [0.717, 1.165) is 13.0 Å². The Morgan fingerprint density at radius 2 is 2.25 bits per heavy atom. The highest BCUT2D eigenvalue weighted by atomic mass is 16.5. The predicted octanol–water partition coefficient (Wildman–Crippen LogP) is 1.52. The lowest BCUT2D eigenvalue weighted by atomic mass is 10.1. The van der Waals surface area contributed by atoms with Crippen LogP contribution in [0.2, 0.25) is 0 Å². The molecule has 3 N–H and O–H groups in total. The van der Waals surface area contributed by atoms with Gasteiger partial charge in [-0.25, -0.2) is 0 Å². The highest BCUT2D eigenvalue weighted by Crippen LogP contribution is 2.22. The van der Waals surface area contributed by atoms with E-state index in [1.807, 2.05) is 14.1 Å². The van der Waals surface area contributed by atoms with E-state index in [1.165, 1.54) is 0 Å². The highest BCUT2D eigenvalue weighted by molar-refractivity contribution is 5.95. The summed E-state index contributed by atoms with van der Waals surface area (Å²) in [6.07, 6.45) is 2.56. The van der Waals surface area contributed by atoms with Crippen molar-refractivity contribution in [3.63, 3.8) is 0 Å². The summed E-state index contributed by atoms with van der Waals surface area (Å²) in [5.74, 6) is 0.444. The van der Waals surface area contributed by atoms with Crippen molar-refractivity contribution in [2.75, 3.05) is 39.5 Å². The van der Waals surface area contributed by atoms with Gasteiger partial charge in [0.15, 0.2) is 0 Å². The summed E-state index contributed by atoms with van der Waals surface area (Å²) in [6.45, 7) is 5.55. The van der Waals surface area contributed by atoms with Gasteiger partial charge in [0.2, 0.25) is 0 Å². The summed E-state index contributed by atoms with van der Waals surface area (Å²) < 4.78 is 5.37. The molecule has 0 aliphatic carbocycles. The highest BCUT2D eigenvalue weighted by Gasteiger charge is 2.08. The van der Waals surface area contributed by atoms with E-state index in [9.17, 15) is 4.79 Å². The molecule has 0 aliphatic heterocycles. The van der Waals surface area contributed by atoms with Gasteiger partial charge in [0, 0.05) is 12.1 Å². The zero-order valence-electron chi connectivity index (χ0n) is 12.2. The van der Waals surface area contributed by atoms with E-state index in [4.69, 9.17) is 10.5 Å². The van der Waals surface area contributed by atoms with Gasteiger partial charge in [0.25, 0.3) is 5.91 Å². The molecule has 0 radical (unpaired) electrons. The number of carbonyl (C=O) groups is 1. The van der Waals surface area contributed by atoms with Gasteiger partial charge in [-0.3, -0.25) is 4.79 Å². The number of hydrogen-bond donors (Lipinski definition) is 2. The maximum absolute atomic E-state index is 11.9. The molecule has 20 heavy (non-hydrogen) atoms. The SMILES string of the molecule is C=CCOc1ccc(C(=O)NCCCN(C)C)cc1N. The van der Waals surface area contributed by atoms with Crippen LogP contribution in [0.25, 0.3) is 0 Å². The summed E-state index contributed by atoms with van der Waals surface area (Å²) in [6, 6.07) is 5.03. The molecule has 0 saturated heterocycles.